The molecule has 0 atom stereocenters. The molecule has 5 nitrogen and oxygen atoms in total. The molecule has 62 valence electrons. The molecule has 0 fully saturated rings. The molecule has 0 aliphatic rings. The van der Waals surface area contributed by atoms with E-state index in [2.05, 4.69) is 9.68 Å². The Kier molecular flexibility index (Phi) is 3.77. The number of nitrogens with zero attached hydrogens (tertiary/aromatic N) is 2. The molecule has 0 rings (SSSR count). The summed E-state index contributed by atoms with van der Waals surface area (Å²) in [7, 11) is 8.43. The van der Waals surface area contributed by atoms with Gasteiger partial charge in [0.15, 0.2) is 0 Å². The van der Waals surface area contributed by atoms with E-state index in [9.17, 15) is 0 Å². The zero-order valence-electron chi connectivity index (χ0n) is 7.12. The van der Waals surface area contributed by atoms with Crippen LogP contribution in [0.2, 0.25) is 0 Å². The number of rotatable bonds is 4. The standard InChI is InChI=1S/C5H15N2O3/c1-7(2,3)10-6(8-4)9-5/h1-5H3/q+1. The van der Waals surface area contributed by atoms with Crippen molar-refractivity contribution in [2.24, 2.45) is 0 Å². The van der Waals surface area contributed by atoms with Crippen LogP contribution in [0.4, 0.5) is 0 Å². The minimum atomic E-state index is 0.279. The molecule has 0 bridgehead atoms. The van der Waals surface area contributed by atoms with Crippen LogP contribution in [0.5, 0.6) is 0 Å². The number of hydrogen-bond acceptors (Lipinski definition) is 4. The third-order valence-corrected chi connectivity index (χ3v) is 0.610. The van der Waals surface area contributed by atoms with Gasteiger partial charge in [-0.25, -0.2) is 9.68 Å². The smallest absolute Gasteiger partial charge is 0.130 e. The summed E-state index contributed by atoms with van der Waals surface area (Å²) in [5, 5.41) is 0.931. The normalized spacial score (nSPS) is 12.6. The molecular formula is C5H15N2O3+. The lowest BCUT2D eigenvalue weighted by atomic mass is 11.0. The van der Waals surface area contributed by atoms with Gasteiger partial charge >= 0.3 is 0 Å². The van der Waals surface area contributed by atoms with Crippen LogP contribution in [0.25, 0.3) is 0 Å². The molecule has 0 aromatic carbocycles. The van der Waals surface area contributed by atoms with Crippen molar-refractivity contribution in [3.05, 3.63) is 0 Å². The fourth-order valence-corrected chi connectivity index (χ4v) is 0.341. The molecule has 0 saturated heterocycles. The monoisotopic (exact) mass is 151 g/mol. The second-order valence-corrected chi connectivity index (χ2v) is 2.56. The van der Waals surface area contributed by atoms with E-state index < -0.39 is 0 Å². The Balaban J connectivity index is 3.63. The molecule has 0 spiro atoms. The van der Waals surface area contributed by atoms with Gasteiger partial charge in [0.25, 0.3) is 0 Å². The van der Waals surface area contributed by atoms with Gasteiger partial charge in [0.05, 0.1) is 14.2 Å². The minimum Gasteiger partial charge on any atom is -0.250 e. The van der Waals surface area contributed by atoms with E-state index in [1.54, 1.807) is 0 Å². The van der Waals surface area contributed by atoms with E-state index in [1.165, 1.54) is 14.2 Å². The van der Waals surface area contributed by atoms with Gasteiger partial charge in [-0.2, -0.15) is 4.65 Å². The Morgan fingerprint density at radius 2 is 1.40 bits per heavy atom. The van der Waals surface area contributed by atoms with Crippen LogP contribution in [-0.2, 0) is 14.6 Å². The summed E-state index contributed by atoms with van der Waals surface area (Å²) in [6, 6.07) is 0. The second-order valence-electron chi connectivity index (χ2n) is 2.56. The molecule has 10 heavy (non-hydrogen) atoms. The quantitative estimate of drug-likeness (QED) is 0.417. The minimum absolute atomic E-state index is 0.279. The summed E-state index contributed by atoms with van der Waals surface area (Å²) >= 11 is 0. The van der Waals surface area contributed by atoms with Crippen molar-refractivity contribution < 1.29 is 19.3 Å². The molecule has 0 unspecified atom stereocenters. The predicted octanol–water partition coefficient (Wildman–Crippen LogP) is -0.0360. The zero-order valence-corrected chi connectivity index (χ0v) is 7.12. The van der Waals surface area contributed by atoms with Crippen LogP contribution in [0.1, 0.15) is 0 Å². The summed E-state index contributed by atoms with van der Waals surface area (Å²) in [5.74, 6) is 0. The largest absolute Gasteiger partial charge is 0.250 e. The molecule has 0 aliphatic carbocycles. The van der Waals surface area contributed by atoms with Gasteiger partial charge in [-0.1, -0.05) is 4.94 Å². The summed E-state index contributed by atoms with van der Waals surface area (Å²) in [6.07, 6.45) is 0. The zero-order chi connectivity index (χ0) is 8.20. The van der Waals surface area contributed by atoms with Gasteiger partial charge in [0.1, 0.15) is 26.5 Å². The number of hydroxylamine groups is 3. The first-order chi connectivity index (χ1) is 4.49. The van der Waals surface area contributed by atoms with Crippen LogP contribution in [0.3, 0.4) is 0 Å². The molecule has 0 saturated carbocycles. The number of hydrogen-bond donors (Lipinski definition) is 0. The second kappa shape index (κ2) is 3.85. The maximum atomic E-state index is 5.06. The molecule has 5 heteroatoms. The van der Waals surface area contributed by atoms with E-state index in [1.807, 2.05) is 21.1 Å². The van der Waals surface area contributed by atoms with Crippen LogP contribution in [0.15, 0.2) is 0 Å². The summed E-state index contributed by atoms with van der Waals surface area (Å²) in [5.41, 5.74) is 0. The molecule has 0 aromatic rings. The molecule has 0 aromatic heterocycles. The Morgan fingerprint density at radius 3 is 1.50 bits per heavy atom. The van der Waals surface area contributed by atoms with Crippen molar-refractivity contribution >= 4 is 0 Å². The molecule has 0 N–H and O–H groups in total. The maximum Gasteiger partial charge on any atom is 0.130 e. The molecule has 0 radical (unpaired) electrons. The van der Waals surface area contributed by atoms with Crippen molar-refractivity contribution in [1.82, 2.24) is 5.39 Å². The lowest BCUT2D eigenvalue weighted by molar-refractivity contribution is -1.11. The van der Waals surface area contributed by atoms with Crippen molar-refractivity contribution in [2.45, 2.75) is 0 Å². The Morgan fingerprint density at radius 1 is 1.00 bits per heavy atom. The lowest BCUT2D eigenvalue weighted by Gasteiger charge is -2.24. The summed E-state index contributed by atoms with van der Waals surface area (Å²) in [4.78, 5) is 14.4. The van der Waals surface area contributed by atoms with Crippen LogP contribution in [-0.4, -0.2) is 45.4 Å². The van der Waals surface area contributed by atoms with E-state index >= 15 is 0 Å². The molecule has 0 aliphatic heterocycles. The average Bonchev–Trinajstić information content (AvgIpc) is 1.81. The van der Waals surface area contributed by atoms with Gasteiger partial charge in [-0.3, -0.25) is 0 Å². The van der Waals surface area contributed by atoms with Gasteiger partial charge < -0.3 is 0 Å². The lowest BCUT2D eigenvalue weighted by Crippen LogP contribution is -2.41. The Labute approximate surface area is 61.1 Å². The van der Waals surface area contributed by atoms with Crippen molar-refractivity contribution in [3.8, 4) is 0 Å². The first-order valence-electron chi connectivity index (χ1n) is 2.89. The van der Waals surface area contributed by atoms with Gasteiger partial charge in [-0.15, -0.1) is 0 Å². The first-order valence-corrected chi connectivity index (χ1v) is 2.89. The Bertz CT molecular complexity index is 87.4. The highest BCUT2D eigenvalue weighted by Crippen LogP contribution is 1.98. The maximum absolute atomic E-state index is 5.06. The SMILES string of the molecule is CON(OC)O[N+](C)(C)C. The van der Waals surface area contributed by atoms with Gasteiger partial charge in [0, 0.05) is 0 Å². The van der Waals surface area contributed by atoms with Crippen molar-refractivity contribution in [1.29, 1.82) is 0 Å². The van der Waals surface area contributed by atoms with E-state index in [0.717, 1.165) is 5.39 Å². The third-order valence-electron chi connectivity index (χ3n) is 0.610. The van der Waals surface area contributed by atoms with Crippen LogP contribution >= 0.6 is 0 Å². The van der Waals surface area contributed by atoms with E-state index in [-0.39, 0.29) is 4.65 Å². The number of quaternary nitrogens is 1. The van der Waals surface area contributed by atoms with Crippen LogP contribution < -0.4 is 0 Å². The predicted molar refractivity (Wildman–Crippen MR) is 35.0 cm³/mol. The fraction of sp³-hybridized carbons (Fsp3) is 1.00. The fourth-order valence-electron chi connectivity index (χ4n) is 0.341. The average molecular weight is 151 g/mol. The molecular weight excluding hydrogens is 136 g/mol. The van der Waals surface area contributed by atoms with Crippen molar-refractivity contribution in [2.75, 3.05) is 35.4 Å². The van der Waals surface area contributed by atoms with Gasteiger partial charge in [0.2, 0.25) is 0 Å². The van der Waals surface area contributed by atoms with Gasteiger partial charge in [-0.05, 0) is 0 Å². The molecule has 0 heterocycles. The highest BCUT2D eigenvalue weighted by atomic mass is 17.2. The highest BCUT2D eigenvalue weighted by Gasteiger charge is 2.15. The first kappa shape index (κ1) is 9.80. The van der Waals surface area contributed by atoms with Crippen molar-refractivity contribution in [3.63, 3.8) is 0 Å². The Hall–Kier alpha value is -0.200. The highest BCUT2D eigenvalue weighted by molar-refractivity contribution is 3.80. The third kappa shape index (κ3) is 4.66. The van der Waals surface area contributed by atoms with Crippen LogP contribution in [0, 0.1) is 0 Å². The summed E-state index contributed by atoms with van der Waals surface area (Å²) < 4.78 is 0.279. The summed E-state index contributed by atoms with van der Waals surface area (Å²) in [6.45, 7) is 0. The molecule has 0 amide bonds. The van der Waals surface area contributed by atoms with E-state index in [4.69, 9.17) is 4.94 Å². The van der Waals surface area contributed by atoms with E-state index in [0.29, 0.717) is 0 Å². The topological polar surface area (TPSA) is 30.9 Å².